The zero-order chi connectivity index (χ0) is 18.8. The summed E-state index contributed by atoms with van der Waals surface area (Å²) in [7, 11) is 0. The molecular weight excluding hydrogens is 354 g/mol. The van der Waals surface area contributed by atoms with Crippen LogP contribution in [0.25, 0.3) is 21.5 Å². The third-order valence-electron chi connectivity index (χ3n) is 3.83. The van der Waals surface area contributed by atoms with Crippen LogP contribution in [0, 0.1) is 13.8 Å². The maximum absolute atomic E-state index is 12.9. The Morgan fingerprint density at radius 3 is 2.77 bits per heavy atom. The Bertz CT molecular complexity index is 1020. The predicted octanol–water partition coefficient (Wildman–Crippen LogP) is 3.86. The second-order valence-electron chi connectivity index (χ2n) is 5.90. The molecule has 26 heavy (non-hydrogen) atoms. The van der Waals surface area contributed by atoms with Crippen LogP contribution in [0.2, 0.25) is 0 Å². The van der Waals surface area contributed by atoms with E-state index in [0.717, 1.165) is 5.69 Å². The number of rotatable bonds is 5. The van der Waals surface area contributed by atoms with Crippen LogP contribution in [0.3, 0.4) is 0 Å². The summed E-state index contributed by atoms with van der Waals surface area (Å²) in [6.07, 6.45) is 0.664. The number of esters is 1. The van der Waals surface area contributed by atoms with Crippen LogP contribution in [0.15, 0.2) is 33.0 Å². The summed E-state index contributed by atoms with van der Waals surface area (Å²) in [4.78, 5) is 29.0. The zero-order valence-electron chi connectivity index (χ0n) is 15.0. The SMILES string of the molecule is CCOC(=O)[C@@H](C)Oc1cc(C)c2c(=O)c(-c3nc(C)cs3)coc2c1. The van der Waals surface area contributed by atoms with Crippen molar-refractivity contribution in [3.8, 4) is 16.3 Å². The number of ether oxygens (including phenoxy) is 2. The number of benzene rings is 1. The standard InChI is InChI=1S/C19H19NO5S/c1-5-23-19(22)12(4)25-13-6-10(2)16-15(7-13)24-8-14(17(16)21)18-20-11(3)9-26-18/h6-9,12H,5H2,1-4H3/t12-/m1/s1. The largest absolute Gasteiger partial charge is 0.479 e. The second-order valence-corrected chi connectivity index (χ2v) is 6.76. The van der Waals surface area contributed by atoms with E-state index in [1.165, 1.54) is 17.6 Å². The lowest BCUT2D eigenvalue weighted by Crippen LogP contribution is -2.26. The molecule has 0 bridgehead atoms. The van der Waals surface area contributed by atoms with Gasteiger partial charge in [-0.1, -0.05) is 0 Å². The van der Waals surface area contributed by atoms with E-state index in [2.05, 4.69) is 4.98 Å². The van der Waals surface area contributed by atoms with Gasteiger partial charge in [0.1, 0.15) is 22.6 Å². The van der Waals surface area contributed by atoms with Crippen LogP contribution in [0.5, 0.6) is 5.75 Å². The van der Waals surface area contributed by atoms with Gasteiger partial charge >= 0.3 is 5.97 Å². The smallest absolute Gasteiger partial charge is 0.347 e. The first-order valence-electron chi connectivity index (χ1n) is 8.22. The molecule has 0 N–H and O–H groups in total. The fourth-order valence-corrected chi connectivity index (χ4v) is 3.42. The van der Waals surface area contributed by atoms with Crippen molar-refractivity contribution in [2.45, 2.75) is 33.8 Å². The molecule has 3 aromatic rings. The first-order chi connectivity index (χ1) is 12.4. The first-order valence-corrected chi connectivity index (χ1v) is 9.10. The molecule has 2 aromatic heterocycles. The molecule has 0 aliphatic rings. The molecule has 136 valence electrons. The minimum Gasteiger partial charge on any atom is -0.479 e. The molecule has 6 nitrogen and oxygen atoms in total. The van der Waals surface area contributed by atoms with E-state index in [1.54, 1.807) is 32.9 Å². The van der Waals surface area contributed by atoms with Crippen molar-refractivity contribution in [3.05, 3.63) is 45.3 Å². The van der Waals surface area contributed by atoms with E-state index in [9.17, 15) is 9.59 Å². The number of fused-ring (bicyclic) bond motifs is 1. The number of hydrogen-bond acceptors (Lipinski definition) is 7. The summed E-state index contributed by atoms with van der Waals surface area (Å²) >= 11 is 1.40. The quantitative estimate of drug-likeness (QED) is 0.632. The zero-order valence-corrected chi connectivity index (χ0v) is 15.8. The van der Waals surface area contributed by atoms with Crippen molar-refractivity contribution in [1.82, 2.24) is 4.98 Å². The van der Waals surface area contributed by atoms with E-state index >= 15 is 0 Å². The lowest BCUT2D eigenvalue weighted by Gasteiger charge is -2.14. The molecule has 0 fully saturated rings. The van der Waals surface area contributed by atoms with E-state index in [0.29, 0.717) is 32.9 Å². The van der Waals surface area contributed by atoms with E-state index in [1.807, 2.05) is 12.3 Å². The minimum atomic E-state index is -0.754. The van der Waals surface area contributed by atoms with Crippen molar-refractivity contribution in [2.24, 2.45) is 0 Å². The molecule has 7 heteroatoms. The summed E-state index contributed by atoms with van der Waals surface area (Å²) in [6.45, 7) is 7.32. The molecule has 1 aromatic carbocycles. The van der Waals surface area contributed by atoms with Crippen molar-refractivity contribution in [3.63, 3.8) is 0 Å². The molecule has 0 aliphatic heterocycles. The molecule has 2 heterocycles. The van der Waals surface area contributed by atoms with Crippen LogP contribution in [0.1, 0.15) is 25.1 Å². The van der Waals surface area contributed by atoms with Gasteiger partial charge in [-0.3, -0.25) is 4.79 Å². The van der Waals surface area contributed by atoms with Gasteiger partial charge in [0.15, 0.2) is 6.10 Å². The van der Waals surface area contributed by atoms with Gasteiger partial charge in [-0.2, -0.15) is 0 Å². The number of thiazole rings is 1. The average molecular weight is 373 g/mol. The Morgan fingerprint density at radius 2 is 2.12 bits per heavy atom. The fourth-order valence-electron chi connectivity index (χ4n) is 2.62. The van der Waals surface area contributed by atoms with E-state index < -0.39 is 12.1 Å². The van der Waals surface area contributed by atoms with Gasteiger partial charge in [-0.25, -0.2) is 9.78 Å². The number of carbonyl (C=O) groups excluding carboxylic acids is 1. The van der Waals surface area contributed by atoms with Crippen LogP contribution < -0.4 is 10.2 Å². The lowest BCUT2D eigenvalue weighted by atomic mass is 10.1. The molecule has 0 aliphatic carbocycles. The monoisotopic (exact) mass is 373 g/mol. The lowest BCUT2D eigenvalue weighted by molar-refractivity contribution is -0.150. The topological polar surface area (TPSA) is 78.6 Å². The van der Waals surface area contributed by atoms with Crippen molar-refractivity contribution < 1.29 is 18.7 Å². The van der Waals surface area contributed by atoms with Gasteiger partial charge < -0.3 is 13.9 Å². The average Bonchev–Trinajstić information content (AvgIpc) is 3.01. The van der Waals surface area contributed by atoms with Gasteiger partial charge in [-0.05, 0) is 39.3 Å². The highest BCUT2D eigenvalue weighted by molar-refractivity contribution is 7.13. The highest BCUT2D eigenvalue weighted by atomic mass is 32.1. The third kappa shape index (κ3) is 3.48. The Kier molecular flexibility index (Phi) is 5.08. The second kappa shape index (κ2) is 7.29. The van der Waals surface area contributed by atoms with Crippen LogP contribution in [-0.4, -0.2) is 23.7 Å². The maximum Gasteiger partial charge on any atom is 0.347 e. The van der Waals surface area contributed by atoms with Crippen molar-refractivity contribution in [1.29, 1.82) is 0 Å². The summed E-state index contributed by atoms with van der Waals surface area (Å²) in [5.74, 6) is -0.00210. The summed E-state index contributed by atoms with van der Waals surface area (Å²) in [5, 5.41) is 3.00. The molecule has 0 unspecified atom stereocenters. The van der Waals surface area contributed by atoms with E-state index in [-0.39, 0.29) is 12.0 Å². The van der Waals surface area contributed by atoms with Gasteiger partial charge in [0.2, 0.25) is 5.43 Å². The molecule has 0 spiro atoms. The minimum absolute atomic E-state index is 0.136. The Labute approximate surface area is 154 Å². The van der Waals surface area contributed by atoms with E-state index in [4.69, 9.17) is 13.9 Å². The Hall–Kier alpha value is -2.67. The molecule has 0 radical (unpaired) electrons. The summed E-state index contributed by atoms with van der Waals surface area (Å²) in [5.41, 5.74) is 2.27. The van der Waals surface area contributed by atoms with Gasteiger partial charge in [0.05, 0.1) is 17.6 Å². The van der Waals surface area contributed by atoms with Crippen LogP contribution in [-0.2, 0) is 9.53 Å². The highest BCUT2D eigenvalue weighted by Crippen LogP contribution is 2.28. The molecular formula is C19H19NO5S. The highest BCUT2D eigenvalue weighted by Gasteiger charge is 2.18. The third-order valence-corrected chi connectivity index (χ3v) is 4.82. The van der Waals surface area contributed by atoms with Crippen molar-refractivity contribution >= 4 is 28.3 Å². The van der Waals surface area contributed by atoms with Gasteiger partial charge in [-0.15, -0.1) is 11.3 Å². The number of hydrogen-bond donors (Lipinski definition) is 0. The molecule has 3 rings (SSSR count). The number of aromatic nitrogens is 1. The molecule has 0 saturated carbocycles. The Morgan fingerprint density at radius 1 is 1.35 bits per heavy atom. The maximum atomic E-state index is 12.9. The van der Waals surface area contributed by atoms with Crippen molar-refractivity contribution in [2.75, 3.05) is 6.61 Å². The summed E-state index contributed by atoms with van der Waals surface area (Å²) < 4.78 is 16.2. The first kappa shape index (κ1) is 18.1. The fraction of sp³-hybridized carbons (Fsp3) is 0.316. The van der Waals surface area contributed by atoms with Crippen LogP contribution in [0.4, 0.5) is 0 Å². The Balaban J connectivity index is 2.00. The predicted molar refractivity (Wildman–Crippen MR) is 99.8 cm³/mol. The van der Waals surface area contributed by atoms with Crippen LogP contribution >= 0.6 is 11.3 Å². The number of aryl methyl sites for hydroxylation is 2. The molecule has 0 saturated heterocycles. The number of nitrogens with zero attached hydrogens (tertiary/aromatic N) is 1. The van der Waals surface area contributed by atoms with Gasteiger partial charge in [0, 0.05) is 17.1 Å². The summed E-state index contributed by atoms with van der Waals surface area (Å²) in [6, 6.07) is 3.32. The number of carbonyl (C=O) groups is 1. The molecule has 1 atom stereocenters. The van der Waals surface area contributed by atoms with Gasteiger partial charge in [0.25, 0.3) is 0 Å². The molecule has 0 amide bonds. The normalized spacial score (nSPS) is 12.2.